The smallest absolute Gasteiger partial charge is 0.120 e. The van der Waals surface area contributed by atoms with Crippen molar-refractivity contribution in [3.05, 3.63) is 0 Å². The first-order valence-corrected chi connectivity index (χ1v) is 1.63. The van der Waals surface area contributed by atoms with Crippen LogP contribution in [0.4, 0.5) is 0 Å². The van der Waals surface area contributed by atoms with Crippen LogP contribution in [0.15, 0.2) is 0 Å². The number of ether oxygens (including phenoxy) is 2. The molecule has 0 aliphatic rings. The summed E-state index contributed by atoms with van der Waals surface area (Å²) in [5.74, 6) is 0. The minimum Gasteiger partial charge on any atom is -0.382 e. The number of halogens is 1. The van der Waals surface area contributed by atoms with Crippen molar-refractivity contribution in [1.82, 2.24) is 0 Å². The molecule has 0 saturated carbocycles. The first kappa shape index (κ1) is 1.20. The van der Waals surface area contributed by atoms with Crippen LogP contribution in [0.2, 0.25) is 0 Å². The van der Waals surface area contributed by atoms with Gasteiger partial charge in [0, 0.05) is 7.04 Å². The van der Waals surface area contributed by atoms with Gasteiger partial charge in [0.05, 0.1) is 25.5 Å². The molecule has 0 atom stereocenters. The topological polar surface area (TPSA) is 18.5 Å². The van der Waals surface area contributed by atoms with E-state index >= 15 is 0 Å². The van der Waals surface area contributed by atoms with Crippen molar-refractivity contribution in [2.75, 3.05) is 26.2 Å². The average molecular weight is 134 g/mol. The van der Waals surface area contributed by atoms with Crippen molar-refractivity contribution in [1.29, 1.82) is 0 Å². The highest BCUT2D eigenvalue weighted by Gasteiger charge is 1.79. The standard InChI is InChI=1S/C4H9ClO2/c1-6-2-3-7-4-5/h2-4H2,1H3/i1D3,2D2,3D2,4D2. The third-order valence-corrected chi connectivity index (χ3v) is 0.259. The number of hydrogen-bond acceptors (Lipinski definition) is 2. The second-order valence-electron chi connectivity index (χ2n) is 0.485. The van der Waals surface area contributed by atoms with Crippen molar-refractivity contribution < 1.29 is 21.8 Å². The van der Waals surface area contributed by atoms with Gasteiger partial charge in [-0.3, -0.25) is 0 Å². The molecule has 0 saturated heterocycles. The molecule has 7 heavy (non-hydrogen) atoms. The maximum Gasteiger partial charge on any atom is 0.120 e. The molecule has 0 fully saturated rings. The molecule has 0 bridgehead atoms. The Morgan fingerprint density at radius 2 is 2.71 bits per heavy atom. The van der Waals surface area contributed by atoms with Crippen molar-refractivity contribution in [2.24, 2.45) is 0 Å². The van der Waals surface area contributed by atoms with E-state index < -0.39 is 26.2 Å². The molecule has 3 heteroatoms. The molecule has 0 N–H and O–H groups in total. The fraction of sp³-hybridized carbons (Fsp3) is 1.00. The van der Waals surface area contributed by atoms with Gasteiger partial charge in [-0.15, -0.1) is 0 Å². The summed E-state index contributed by atoms with van der Waals surface area (Å²) in [4.78, 5) is 0. The van der Waals surface area contributed by atoms with Crippen LogP contribution in [0.1, 0.15) is 12.3 Å². The summed E-state index contributed by atoms with van der Waals surface area (Å²) >= 11 is 4.90. The summed E-state index contributed by atoms with van der Waals surface area (Å²) in [5, 5.41) is 0. The highest BCUT2D eigenvalue weighted by Crippen LogP contribution is 1.77. The summed E-state index contributed by atoms with van der Waals surface area (Å²) in [5.41, 5.74) is 0. The van der Waals surface area contributed by atoms with Crippen molar-refractivity contribution >= 4 is 11.6 Å². The zero-order valence-corrected chi connectivity index (χ0v) is 3.95. The Morgan fingerprint density at radius 1 is 1.86 bits per heavy atom. The summed E-state index contributed by atoms with van der Waals surface area (Å²) < 4.78 is 69.2. The zero-order chi connectivity index (χ0) is 13.4. The van der Waals surface area contributed by atoms with Crippen LogP contribution in [0.3, 0.4) is 0 Å². The van der Waals surface area contributed by atoms with Crippen LogP contribution < -0.4 is 0 Å². The van der Waals surface area contributed by atoms with Crippen molar-refractivity contribution in [3.63, 3.8) is 0 Å². The Bertz CT molecular complexity index is 217. The molecule has 0 aromatic rings. The Hall–Kier alpha value is 0.210. The van der Waals surface area contributed by atoms with E-state index in [9.17, 15) is 0 Å². The lowest BCUT2D eigenvalue weighted by atomic mass is 10.8. The van der Waals surface area contributed by atoms with Gasteiger partial charge >= 0.3 is 0 Å². The van der Waals surface area contributed by atoms with Gasteiger partial charge in [0.2, 0.25) is 0 Å². The molecule has 0 amide bonds. The molecule has 0 spiro atoms. The molecule has 0 aromatic carbocycles. The van der Waals surface area contributed by atoms with E-state index in [4.69, 9.17) is 23.9 Å². The Morgan fingerprint density at radius 3 is 3.29 bits per heavy atom. The van der Waals surface area contributed by atoms with Gasteiger partial charge in [0.15, 0.2) is 0 Å². The summed E-state index contributed by atoms with van der Waals surface area (Å²) in [6, 6.07) is -2.99. The van der Waals surface area contributed by atoms with Gasteiger partial charge < -0.3 is 9.47 Å². The van der Waals surface area contributed by atoms with Gasteiger partial charge in [-0.05, 0) is 0 Å². The monoisotopic (exact) mass is 133 g/mol. The second-order valence-corrected chi connectivity index (χ2v) is 0.640. The Labute approximate surface area is 61.0 Å². The number of alkyl halides is 1. The third kappa shape index (κ3) is 6.21. The molecule has 0 radical (unpaired) electrons. The molecule has 0 unspecified atom stereocenters. The molecule has 44 valence electrons. The molecule has 0 heterocycles. The molecular formula is C4H9ClO2. The van der Waals surface area contributed by atoms with Crippen molar-refractivity contribution in [2.45, 2.75) is 0 Å². The quantitative estimate of drug-likeness (QED) is 0.530. The number of hydrogen-bond donors (Lipinski definition) is 0. The predicted molar refractivity (Wildman–Crippen MR) is 28.5 cm³/mol. The highest BCUT2D eigenvalue weighted by atomic mass is 35.5. The van der Waals surface area contributed by atoms with E-state index in [0.717, 1.165) is 0 Å². The first-order valence-electron chi connectivity index (χ1n) is 5.76. The van der Waals surface area contributed by atoms with Gasteiger partial charge in [0.1, 0.15) is 6.02 Å². The molecule has 2 nitrogen and oxygen atoms in total. The number of rotatable bonds is 4. The van der Waals surface area contributed by atoms with E-state index in [0.29, 0.717) is 0 Å². The van der Waals surface area contributed by atoms with Gasteiger partial charge in [0.25, 0.3) is 0 Å². The van der Waals surface area contributed by atoms with Crippen LogP contribution in [0, 0.1) is 0 Å². The van der Waals surface area contributed by atoms with E-state index in [1.54, 1.807) is 0 Å². The van der Waals surface area contributed by atoms with E-state index in [1.807, 2.05) is 0 Å². The minimum absolute atomic E-state index is 2.99. The Balaban J connectivity index is 4.85. The molecule has 0 aromatic heterocycles. The number of methoxy groups -OCH3 is 1. The van der Waals surface area contributed by atoms with Crippen LogP contribution in [-0.4, -0.2) is 26.2 Å². The van der Waals surface area contributed by atoms with Gasteiger partial charge in [-0.25, -0.2) is 0 Å². The lowest BCUT2D eigenvalue weighted by Gasteiger charge is -1.94. The third-order valence-electron chi connectivity index (χ3n) is 0.182. The lowest BCUT2D eigenvalue weighted by molar-refractivity contribution is 0.0936. The average Bonchev–Trinajstić information content (AvgIpc) is 1.72. The Kier molecular flexibility index (Phi) is 1.07. The summed E-state index contributed by atoms with van der Waals surface area (Å²) in [6.07, 6.45) is 0. The fourth-order valence-electron chi connectivity index (χ4n) is 0.0610. The fourth-order valence-corrected chi connectivity index (χ4v) is 0.0995. The normalized spacial score (nSPS) is 36.4. The van der Waals surface area contributed by atoms with Crippen LogP contribution in [-0.2, 0) is 9.47 Å². The lowest BCUT2D eigenvalue weighted by Crippen LogP contribution is -1.99. The van der Waals surface area contributed by atoms with Gasteiger partial charge in [-0.2, -0.15) is 0 Å². The second kappa shape index (κ2) is 6.21. The van der Waals surface area contributed by atoms with Gasteiger partial charge in [-0.1, -0.05) is 11.6 Å². The van der Waals surface area contributed by atoms with E-state index in [2.05, 4.69) is 9.47 Å². The van der Waals surface area contributed by atoms with Crippen LogP contribution >= 0.6 is 11.6 Å². The van der Waals surface area contributed by atoms with E-state index in [1.165, 1.54) is 0 Å². The van der Waals surface area contributed by atoms with Crippen molar-refractivity contribution in [3.8, 4) is 0 Å². The summed E-state index contributed by atoms with van der Waals surface area (Å²) in [6.45, 7) is -6.76. The van der Waals surface area contributed by atoms with Crippen LogP contribution in [0.5, 0.6) is 0 Å². The minimum atomic E-state index is -3.39. The molecule has 0 aliphatic carbocycles. The summed E-state index contributed by atoms with van der Waals surface area (Å²) in [7, 11) is -3.20. The van der Waals surface area contributed by atoms with Crippen LogP contribution in [0.25, 0.3) is 0 Å². The first-order chi connectivity index (χ1) is 6.66. The molecule has 0 rings (SSSR count). The highest BCUT2D eigenvalue weighted by molar-refractivity contribution is 6.17. The molecule has 0 aliphatic heterocycles. The maximum absolute atomic E-state index is 7.03. The zero-order valence-electron chi connectivity index (χ0n) is 12.2. The SMILES string of the molecule is [2H]C([2H])([2H])OC([2H])([2H])C([2H])([2H])OC([2H])([2H])Cl. The molecular weight excluding hydrogens is 115 g/mol. The largest absolute Gasteiger partial charge is 0.382 e. The predicted octanol–water partition coefficient (Wildman–Crippen LogP) is 0.846. The maximum atomic E-state index is 7.03. The van der Waals surface area contributed by atoms with E-state index in [-0.39, 0.29) is 0 Å².